The average molecular weight is 401 g/mol. The molecule has 0 saturated heterocycles. The maximum atomic E-state index is 13.2. The van der Waals surface area contributed by atoms with E-state index < -0.39 is 0 Å². The van der Waals surface area contributed by atoms with E-state index in [0.717, 1.165) is 29.7 Å². The van der Waals surface area contributed by atoms with Gasteiger partial charge in [0.2, 0.25) is 11.8 Å². The highest BCUT2D eigenvalue weighted by molar-refractivity contribution is 7.09. The molecule has 0 spiro atoms. The molecule has 0 radical (unpaired) electrons. The Hall–Kier alpha value is -2.47. The van der Waals surface area contributed by atoms with Gasteiger partial charge in [-0.2, -0.15) is 0 Å². The molecular formula is C22H25FN2O2S. The maximum absolute atomic E-state index is 13.2. The van der Waals surface area contributed by atoms with Gasteiger partial charge >= 0.3 is 0 Å². The van der Waals surface area contributed by atoms with Gasteiger partial charge in [-0.1, -0.05) is 30.7 Å². The van der Waals surface area contributed by atoms with Gasteiger partial charge in [0.1, 0.15) is 12.4 Å². The zero-order valence-corrected chi connectivity index (χ0v) is 16.7. The number of amides is 2. The van der Waals surface area contributed by atoms with Crippen LogP contribution in [0.2, 0.25) is 0 Å². The molecule has 0 N–H and O–H groups in total. The van der Waals surface area contributed by atoms with Gasteiger partial charge in [0, 0.05) is 23.9 Å². The van der Waals surface area contributed by atoms with Gasteiger partial charge in [0.15, 0.2) is 0 Å². The fraction of sp³-hybridized carbons (Fsp3) is 0.364. The molecule has 4 nitrogen and oxygen atoms in total. The van der Waals surface area contributed by atoms with E-state index >= 15 is 0 Å². The monoisotopic (exact) mass is 400 g/mol. The normalized spacial score (nSPS) is 13.6. The highest BCUT2D eigenvalue weighted by Gasteiger charge is 2.30. The Kier molecular flexibility index (Phi) is 6.98. The summed E-state index contributed by atoms with van der Waals surface area (Å²) in [5.74, 6) is -0.344. The fourth-order valence-electron chi connectivity index (χ4n) is 3.20. The number of thiophene rings is 1. The van der Waals surface area contributed by atoms with Crippen molar-refractivity contribution in [2.45, 2.75) is 32.4 Å². The molecule has 28 heavy (non-hydrogen) atoms. The summed E-state index contributed by atoms with van der Waals surface area (Å²) in [6.07, 6.45) is 4.53. The molecule has 1 aromatic heterocycles. The molecule has 1 aromatic carbocycles. The van der Waals surface area contributed by atoms with Gasteiger partial charge < -0.3 is 9.80 Å². The highest BCUT2D eigenvalue weighted by Crippen LogP contribution is 2.28. The third-order valence-corrected chi connectivity index (χ3v) is 5.87. The van der Waals surface area contributed by atoms with Crippen LogP contribution in [0.15, 0.2) is 54.4 Å². The Morgan fingerprint density at radius 3 is 2.46 bits per heavy atom. The number of carbonyl (C=O) groups excluding carboxylic acids is 2. The molecule has 148 valence electrons. The second-order valence-electron chi connectivity index (χ2n) is 7.09. The molecule has 1 heterocycles. The lowest BCUT2D eigenvalue weighted by molar-refractivity contribution is -0.144. The maximum Gasteiger partial charge on any atom is 0.242 e. The summed E-state index contributed by atoms with van der Waals surface area (Å²) in [5, 5.41) is 1.97. The molecule has 2 aromatic rings. The summed E-state index contributed by atoms with van der Waals surface area (Å²) in [7, 11) is 0. The van der Waals surface area contributed by atoms with Gasteiger partial charge in [-0.25, -0.2) is 4.39 Å². The number of rotatable bonds is 9. The van der Waals surface area contributed by atoms with Crippen LogP contribution in [0.1, 0.15) is 29.7 Å². The van der Waals surface area contributed by atoms with Gasteiger partial charge in [0.05, 0.1) is 6.54 Å². The van der Waals surface area contributed by atoms with Gasteiger partial charge in [-0.05, 0) is 42.0 Å². The summed E-state index contributed by atoms with van der Waals surface area (Å²) >= 11 is 1.58. The van der Waals surface area contributed by atoms with Crippen LogP contribution < -0.4 is 0 Å². The molecule has 0 unspecified atom stereocenters. The molecule has 0 atom stereocenters. The minimum absolute atomic E-state index is 0.0356. The molecule has 1 aliphatic rings. The number of benzene rings is 1. The third-order valence-electron chi connectivity index (χ3n) is 5.01. The summed E-state index contributed by atoms with van der Waals surface area (Å²) in [4.78, 5) is 30.1. The molecule has 1 fully saturated rings. The van der Waals surface area contributed by atoms with Crippen molar-refractivity contribution in [3.05, 3.63) is 70.7 Å². The van der Waals surface area contributed by atoms with Crippen LogP contribution in [-0.4, -0.2) is 34.7 Å². The zero-order valence-electron chi connectivity index (χ0n) is 15.9. The van der Waals surface area contributed by atoms with E-state index in [1.807, 2.05) is 17.5 Å². The lowest BCUT2D eigenvalue weighted by Crippen LogP contribution is -2.45. The summed E-state index contributed by atoms with van der Waals surface area (Å²) < 4.78 is 13.2. The second-order valence-corrected chi connectivity index (χ2v) is 8.12. The second kappa shape index (κ2) is 9.64. The van der Waals surface area contributed by atoms with E-state index in [2.05, 4.69) is 6.58 Å². The standard InChI is InChI=1S/C22H25FN2O2S/c1-2-12-24(22(27)18-5-3-6-18)16-21(26)25(15-20-7-4-13-28-20)14-17-8-10-19(23)11-9-17/h2,4,7-11,13,18H,1,3,5-6,12,14-16H2. The van der Waals surface area contributed by atoms with Crippen LogP contribution in [0, 0.1) is 11.7 Å². The first-order valence-corrected chi connectivity index (χ1v) is 10.4. The Balaban J connectivity index is 1.72. The molecule has 1 saturated carbocycles. The van der Waals surface area contributed by atoms with Crippen LogP contribution in [0.3, 0.4) is 0 Å². The predicted octanol–water partition coefficient (Wildman–Crippen LogP) is 4.23. The van der Waals surface area contributed by atoms with Crippen LogP contribution >= 0.6 is 11.3 Å². The Labute approximate surface area is 169 Å². The first kappa shape index (κ1) is 20.3. The number of carbonyl (C=O) groups is 2. The van der Waals surface area contributed by atoms with Crippen molar-refractivity contribution in [1.29, 1.82) is 0 Å². The Morgan fingerprint density at radius 1 is 1.14 bits per heavy atom. The molecule has 6 heteroatoms. The largest absolute Gasteiger partial charge is 0.332 e. The topological polar surface area (TPSA) is 40.6 Å². The van der Waals surface area contributed by atoms with Crippen molar-refractivity contribution < 1.29 is 14.0 Å². The Morgan fingerprint density at radius 2 is 1.89 bits per heavy atom. The minimum atomic E-state index is -0.303. The van der Waals surface area contributed by atoms with Crippen molar-refractivity contribution in [2.75, 3.05) is 13.1 Å². The van der Waals surface area contributed by atoms with Crippen LogP contribution in [0.5, 0.6) is 0 Å². The number of nitrogens with zero attached hydrogens (tertiary/aromatic N) is 2. The van der Waals surface area contributed by atoms with Gasteiger partial charge in [0.25, 0.3) is 0 Å². The fourth-order valence-corrected chi connectivity index (χ4v) is 3.92. The van der Waals surface area contributed by atoms with Crippen LogP contribution in [-0.2, 0) is 22.7 Å². The summed E-state index contributed by atoms with van der Waals surface area (Å²) in [6, 6.07) is 10.1. The number of halogens is 1. The van der Waals surface area contributed by atoms with Crippen molar-refractivity contribution in [3.63, 3.8) is 0 Å². The van der Waals surface area contributed by atoms with Crippen molar-refractivity contribution >= 4 is 23.2 Å². The first-order chi connectivity index (χ1) is 13.6. The first-order valence-electron chi connectivity index (χ1n) is 9.51. The van der Waals surface area contributed by atoms with E-state index in [1.165, 1.54) is 12.1 Å². The van der Waals surface area contributed by atoms with Gasteiger partial charge in [-0.3, -0.25) is 9.59 Å². The average Bonchev–Trinajstić information content (AvgIpc) is 3.14. The van der Waals surface area contributed by atoms with Crippen molar-refractivity contribution in [2.24, 2.45) is 5.92 Å². The van der Waals surface area contributed by atoms with Crippen molar-refractivity contribution in [3.8, 4) is 0 Å². The predicted molar refractivity (Wildman–Crippen MR) is 109 cm³/mol. The molecule has 0 bridgehead atoms. The molecule has 2 amide bonds. The quantitative estimate of drug-likeness (QED) is 0.591. The molecular weight excluding hydrogens is 375 g/mol. The van der Waals surface area contributed by atoms with Crippen LogP contribution in [0.4, 0.5) is 4.39 Å². The number of hydrogen-bond donors (Lipinski definition) is 0. The number of hydrogen-bond acceptors (Lipinski definition) is 3. The lowest BCUT2D eigenvalue weighted by Gasteiger charge is -2.32. The highest BCUT2D eigenvalue weighted by atomic mass is 32.1. The third kappa shape index (κ3) is 5.29. The van der Waals surface area contributed by atoms with E-state index in [4.69, 9.17) is 0 Å². The minimum Gasteiger partial charge on any atom is -0.332 e. The van der Waals surface area contributed by atoms with E-state index in [9.17, 15) is 14.0 Å². The smallest absolute Gasteiger partial charge is 0.242 e. The molecule has 1 aliphatic carbocycles. The van der Waals surface area contributed by atoms with E-state index in [0.29, 0.717) is 19.6 Å². The van der Waals surface area contributed by atoms with E-state index in [-0.39, 0.29) is 30.1 Å². The van der Waals surface area contributed by atoms with E-state index in [1.54, 1.807) is 39.3 Å². The molecule has 3 rings (SSSR count). The Bertz CT molecular complexity index is 800. The lowest BCUT2D eigenvalue weighted by atomic mass is 9.84. The SMILES string of the molecule is C=CCN(CC(=O)N(Cc1ccc(F)cc1)Cc1cccs1)C(=O)C1CCC1. The van der Waals surface area contributed by atoms with Crippen molar-refractivity contribution in [1.82, 2.24) is 9.80 Å². The van der Waals surface area contributed by atoms with Gasteiger partial charge in [-0.15, -0.1) is 17.9 Å². The summed E-state index contributed by atoms with van der Waals surface area (Å²) in [5.41, 5.74) is 0.854. The summed E-state index contributed by atoms with van der Waals surface area (Å²) in [6.45, 7) is 4.96. The molecule has 0 aliphatic heterocycles. The van der Waals surface area contributed by atoms with Crippen LogP contribution in [0.25, 0.3) is 0 Å². The zero-order chi connectivity index (χ0) is 19.9.